The van der Waals surface area contributed by atoms with Crippen molar-refractivity contribution in [2.75, 3.05) is 6.61 Å². The lowest BCUT2D eigenvalue weighted by atomic mass is 9.77. The Hall–Kier alpha value is -0.570. The van der Waals surface area contributed by atoms with Crippen LogP contribution in [0, 0.1) is 11.8 Å². The standard InChI is InChI=1S/C17H31NO2/c1-14-9-11-17(13-19,12-10-14)18-16(20)15-7-5-3-2-4-6-8-15/h14-15,19H,2-13H2,1H3,(H,18,20). The van der Waals surface area contributed by atoms with Crippen LogP contribution in [0.4, 0.5) is 0 Å². The van der Waals surface area contributed by atoms with Crippen molar-refractivity contribution in [3.8, 4) is 0 Å². The SMILES string of the molecule is CC1CCC(CO)(NC(=O)C2CCCCCCC2)CC1. The van der Waals surface area contributed by atoms with Crippen molar-refractivity contribution in [1.82, 2.24) is 5.32 Å². The summed E-state index contributed by atoms with van der Waals surface area (Å²) in [7, 11) is 0. The zero-order valence-corrected chi connectivity index (χ0v) is 13.0. The molecule has 0 atom stereocenters. The van der Waals surface area contributed by atoms with Crippen LogP contribution in [-0.2, 0) is 4.79 Å². The van der Waals surface area contributed by atoms with Crippen molar-refractivity contribution < 1.29 is 9.90 Å². The summed E-state index contributed by atoms with van der Waals surface area (Å²) >= 11 is 0. The number of carbonyl (C=O) groups is 1. The Morgan fingerprint density at radius 2 is 1.60 bits per heavy atom. The predicted molar refractivity (Wildman–Crippen MR) is 81.4 cm³/mol. The minimum absolute atomic E-state index is 0.0954. The molecule has 116 valence electrons. The third-order valence-electron chi connectivity index (χ3n) is 5.40. The van der Waals surface area contributed by atoms with Gasteiger partial charge < -0.3 is 10.4 Å². The maximum Gasteiger partial charge on any atom is 0.223 e. The van der Waals surface area contributed by atoms with Crippen molar-refractivity contribution in [1.29, 1.82) is 0 Å². The predicted octanol–water partition coefficient (Wildman–Crippen LogP) is 3.40. The Morgan fingerprint density at radius 1 is 1.05 bits per heavy atom. The van der Waals surface area contributed by atoms with Gasteiger partial charge in [-0.2, -0.15) is 0 Å². The van der Waals surface area contributed by atoms with Gasteiger partial charge in [0.1, 0.15) is 0 Å². The van der Waals surface area contributed by atoms with Gasteiger partial charge in [0.2, 0.25) is 5.91 Å². The molecule has 3 heteroatoms. The fraction of sp³-hybridized carbons (Fsp3) is 0.941. The molecule has 2 fully saturated rings. The largest absolute Gasteiger partial charge is 0.394 e. The van der Waals surface area contributed by atoms with E-state index in [1.165, 1.54) is 32.1 Å². The first-order chi connectivity index (χ1) is 9.65. The van der Waals surface area contributed by atoms with Gasteiger partial charge in [0.25, 0.3) is 0 Å². The normalized spacial score (nSPS) is 33.2. The van der Waals surface area contributed by atoms with E-state index in [-0.39, 0.29) is 24.0 Å². The van der Waals surface area contributed by atoms with Crippen LogP contribution in [-0.4, -0.2) is 23.2 Å². The average molecular weight is 281 g/mol. The van der Waals surface area contributed by atoms with E-state index >= 15 is 0 Å². The third-order valence-corrected chi connectivity index (χ3v) is 5.40. The van der Waals surface area contributed by atoms with Gasteiger partial charge in [-0.3, -0.25) is 4.79 Å². The topological polar surface area (TPSA) is 49.3 Å². The molecule has 2 aliphatic rings. The van der Waals surface area contributed by atoms with Gasteiger partial charge in [-0.15, -0.1) is 0 Å². The van der Waals surface area contributed by atoms with E-state index < -0.39 is 0 Å². The zero-order chi connectivity index (χ0) is 14.4. The lowest BCUT2D eigenvalue weighted by Gasteiger charge is -2.39. The molecule has 1 amide bonds. The quantitative estimate of drug-likeness (QED) is 0.833. The fourth-order valence-corrected chi connectivity index (χ4v) is 3.72. The molecule has 0 spiro atoms. The summed E-state index contributed by atoms with van der Waals surface area (Å²) in [4.78, 5) is 12.6. The maximum absolute atomic E-state index is 12.6. The Kier molecular flexibility index (Phi) is 5.88. The van der Waals surface area contributed by atoms with Crippen molar-refractivity contribution >= 4 is 5.91 Å². The zero-order valence-electron chi connectivity index (χ0n) is 13.0. The number of amides is 1. The highest BCUT2D eigenvalue weighted by molar-refractivity contribution is 5.79. The van der Waals surface area contributed by atoms with Gasteiger partial charge in [-0.25, -0.2) is 0 Å². The summed E-state index contributed by atoms with van der Waals surface area (Å²) < 4.78 is 0. The number of aliphatic hydroxyl groups is 1. The molecule has 0 aromatic heterocycles. The molecule has 0 radical (unpaired) electrons. The van der Waals surface area contributed by atoms with Crippen LogP contribution >= 0.6 is 0 Å². The molecule has 0 saturated heterocycles. The van der Waals surface area contributed by atoms with Crippen molar-refractivity contribution in [2.45, 2.75) is 83.1 Å². The van der Waals surface area contributed by atoms with E-state index in [9.17, 15) is 9.90 Å². The smallest absolute Gasteiger partial charge is 0.223 e. The number of nitrogens with one attached hydrogen (secondary N) is 1. The Balaban J connectivity index is 1.90. The highest BCUT2D eigenvalue weighted by Gasteiger charge is 2.36. The number of hydrogen-bond donors (Lipinski definition) is 2. The number of aliphatic hydroxyl groups excluding tert-OH is 1. The van der Waals surface area contributed by atoms with Crippen molar-refractivity contribution in [2.24, 2.45) is 11.8 Å². The number of carbonyl (C=O) groups excluding carboxylic acids is 1. The molecular weight excluding hydrogens is 250 g/mol. The number of hydrogen-bond acceptors (Lipinski definition) is 2. The molecule has 0 unspecified atom stereocenters. The number of rotatable bonds is 3. The lowest BCUT2D eigenvalue weighted by Crippen LogP contribution is -2.54. The van der Waals surface area contributed by atoms with Gasteiger partial charge >= 0.3 is 0 Å². The molecule has 20 heavy (non-hydrogen) atoms. The van der Waals surface area contributed by atoms with Gasteiger partial charge in [0, 0.05) is 5.92 Å². The molecular formula is C17H31NO2. The molecule has 0 aromatic carbocycles. The van der Waals surface area contributed by atoms with E-state index in [0.717, 1.165) is 44.4 Å². The molecule has 0 aromatic rings. The van der Waals surface area contributed by atoms with Crippen LogP contribution in [0.25, 0.3) is 0 Å². The minimum atomic E-state index is -0.327. The van der Waals surface area contributed by atoms with Crippen LogP contribution < -0.4 is 5.32 Å². The summed E-state index contributed by atoms with van der Waals surface area (Å²) in [5, 5.41) is 13.0. The summed E-state index contributed by atoms with van der Waals surface area (Å²) in [6.07, 6.45) is 12.4. The second-order valence-corrected chi connectivity index (χ2v) is 7.15. The first kappa shape index (κ1) is 15.8. The van der Waals surface area contributed by atoms with Gasteiger partial charge in [0.05, 0.1) is 12.1 Å². The van der Waals surface area contributed by atoms with Crippen LogP contribution in [0.15, 0.2) is 0 Å². The van der Waals surface area contributed by atoms with Crippen molar-refractivity contribution in [3.05, 3.63) is 0 Å². The maximum atomic E-state index is 12.6. The Labute approximate surface area is 123 Å². The van der Waals surface area contributed by atoms with E-state index in [1.54, 1.807) is 0 Å². The van der Waals surface area contributed by atoms with Crippen LogP contribution in [0.5, 0.6) is 0 Å². The minimum Gasteiger partial charge on any atom is -0.394 e. The first-order valence-corrected chi connectivity index (χ1v) is 8.58. The molecule has 2 saturated carbocycles. The Bertz CT molecular complexity index is 300. The molecule has 0 bridgehead atoms. The summed E-state index contributed by atoms with van der Waals surface area (Å²) in [6.45, 7) is 2.36. The lowest BCUT2D eigenvalue weighted by molar-refractivity contribution is -0.129. The summed E-state index contributed by atoms with van der Waals surface area (Å²) in [6, 6.07) is 0. The van der Waals surface area contributed by atoms with Crippen molar-refractivity contribution in [3.63, 3.8) is 0 Å². The molecule has 0 heterocycles. The highest BCUT2D eigenvalue weighted by atomic mass is 16.3. The average Bonchev–Trinajstić information content (AvgIpc) is 2.41. The van der Waals surface area contributed by atoms with Crippen LogP contribution in [0.1, 0.15) is 77.6 Å². The van der Waals surface area contributed by atoms with E-state index in [2.05, 4.69) is 12.2 Å². The first-order valence-electron chi connectivity index (χ1n) is 8.58. The summed E-state index contributed by atoms with van der Waals surface area (Å²) in [5.74, 6) is 1.11. The van der Waals surface area contributed by atoms with Crippen LogP contribution in [0.2, 0.25) is 0 Å². The van der Waals surface area contributed by atoms with E-state index in [4.69, 9.17) is 0 Å². The van der Waals surface area contributed by atoms with Gasteiger partial charge in [-0.05, 0) is 44.4 Å². The molecule has 2 rings (SSSR count). The fourth-order valence-electron chi connectivity index (χ4n) is 3.72. The molecule has 2 N–H and O–H groups in total. The Morgan fingerprint density at radius 3 is 2.15 bits per heavy atom. The molecule has 2 aliphatic carbocycles. The summed E-state index contributed by atoms with van der Waals surface area (Å²) in [5.41, 5.74) is -0.327. The van der Waals surface area contributed by atoms with E-state index in [0.29, 0.717) is 0 Å². The third kappa shape index (κ3) is 4.21. The second kappa shape index (κ2) is 7.44. The van der Waals surface area contributed by atoms with Gasteiger partial charge in [-0.1, -0.05) is 39.0 Å². The van der Waals surface area contributed by atoms with Crippen LogP contribution in [0.3, 0.4) is 0 Å². The molecule has 0 aliphatic heterocycles. The highest BCUT2D eigenvalue weighted by Crippen LogP contribution is 2.32. The van der Waals surface area contributed by atoms with E-state index in [1.807, 2.05) is 0 Å². The monoisotopic (exact) mass is 281 g/mol. The van der Waals surface area contributed by atoms with Gasteiger partial charge in [0.15, 0.2) is 0 Å². The molecule has 3 nitrogen and oxygen atoms in total. The second-order valence-electron chi connectivity index (χ2n) is 7.15.